The van der Waals surface area contributed by atoms with Gasteiger partial charge in [0, 0.05) is 22.7 Å². The topological polar surface area (TPSA) is 26.0 Å². The summed E-state index contributed by atoms with van der Waals surface area (Å²) in [6.45, 7) is 0.258. The minimum atomic E-state index is -0.458. The molecule has 0 fully saturated rings. The largest absolute Gasteiger partial charge is 0.326 e. The van der Waals surface area contributed by atoms with Crippen molar-refractivity contribution >= 4 is 11.6 Å². The van der Waals surface area contributed by atoms with Gasteiger partial charge in [-0.2, -0.15) is 0 Å². The van der Waals surface area contributed by atoms with Crippen LogP contribution in [0.4, 0.5) is 8.78 Å². The van der Waals surface area contributed by atoms with Crippen LogP contribution in [0.3, 0.4) is 0 Å². The van der Waals surface area contributed by atoms with Gasteiger partial charge in [-0.25, -0.2) is 8.78 Å². The van der Waals surface area contributed by atoms with E-state index in [9.17, 15) is 8.78 Å². The first-order chi connectivity index (χ1) is 8.11. The van der Waals surface area contributed by atoms with Crippen LogP contribution in [0, 0.1) is 11.6 Å². The average molecular weight is 254 g/mol. The van der Waals surface area contributed by atoms with Crippen molar-refractivity contribution in [2.75, 3.05) is 0 Å². The molecule has 2 aromatic rings. The molecule has 0 atom stereocenters. The van der Waals surface area contributed by atoms with Crippen molar-refractivity contribution in [3.8, 4) is 11.1 Å². The van der Waals surface area contributed by atoms with E-state index in [4.69, 9.17) is 17.3 Å². The van der Waals surface area contributed by atoms with Crippen molar-refractivity contribution in [2.45, 2.75) is 6.54 Å². The third-order valence-corrected chi connectivity index (χ3v) is 2.82. The van der Waals surface area contributed by atoms with Crippen molar-refractivity contribution in [1.82, 2.24) is 0 Å². The molecule has 2 aromatic carbocycles. The van der Waals surface area contributed by atoms with Crippen LogP contribution >= 0.6 is 11.6 Å². The molecule has 0 saturated carbocycles. The van der Waals surface area contributed by atoms with Gasteiger partial charge in [0.2, 0.25) is 0 Å². The molecule has 0 amide bonds. The molecule has 0 bridgehead atoms. The van der Waals surface area contributed by atoms with Gasteiger partial charge in [-0.15, -0.1) is 0 Å². The fourth-order valence-electron chi connectivity index (χ4n) is 1.61. The minimum Gasteiger partial charge on any atom is -0.326 e. The third-order valence-electron chi connectivity index (χ3n) is 2.49. The summed E-state index contributed by atoms with van der Waals surface area (Å²) in [5, 5.41) is 0.311. The molecule has 0 aliphatic heterocycles. The Balaban J connectivity index is 2.56. The quantitative estimate of drug-likeness (QED) is 0.867. The van der Waals surface area contributed by atoms with Gasteiger partial charge >= 0.3 is 0 Å². The second kappa shape index (κ2) is 4.82. The highest BCUT2D eigenvalue weighted by molar-refractivity contribution is 6.33. The van der Waals surface area contributed by atoms with E-state index in [-0.39, 0.29) is 12.1 Å². The molecule has 0 aliphatic carbocycles. The van der Waals surface area contributed by atoms with Gasteiger partial charge in [0.05, 0.1) is 0 Å². The summed E-state index contributed by atoms with van der Waals surface area (Å²) >= 11 is 5.92. The van der Waals surface area contributed by atoms with E-state index in [1.165, 1.54) is 24.3 Å². The Morgan fingerprint density at radius 1 is 1.00 bits per heavy atom. The van der Waals surface area contributed by atoms with Crippen LogP contribution in [0.1, 0.15) is 5.56 Å². The number of benzene rings is 2. The summed E-state index contributed by atoms with van der Waals surface area (Å²) in [5.74, 6) is -0.910. The minimum absolute atomic E-state index is 0.258. The Bertz CT molecular complexity index is 555. The van der Waals surface area contributed by atoms with Gasteiger partial charge < -0.3 is 5.73 Å². The molecule has 0 unspecified atom stereocenters. The van der Waals surface area contributed by atoms with Gasteiger partial charge in [0.1, 0.15) is 11.6 Å². The van der Waals surface area contributed by atoms with Crippen LogP contribution in [0.2, 0.25) is 5.02 Å². The molecule has 88 valence electrons. The lowest BCUT2D eigenvalue weighted by molar-refractivity contribution is 0.623. The molecule has 0 radical (unpaired) electrons. The Hall–Kier alpha value is -1.45. The highest BCUT2D eigenvalue weighted by Crippen LogP contribution is 2.30. The smallest absolute Gasteiger partial charge is 0.131 e. The van der Waals surface area contributed by atoms with E-state index >= 15 is 0 Å². The molecule has 1 nitrogen and oxygen atoms in total. The highest BCUT2D eigenvalue weighted by Gasteiger charge is 2.10. The second-order valence-electron chi connectivity index (χ2n) is 3.64. The SMILES string of the molecule is NCc1ccc(-c2cc(F)ccc2Cl)c(F)c1. The summed E-state index contributed by atoms with van der Waals surface area (Å²) in [4.78, 5) is 0. The van der Waals surface area contributed by atoms with Gasteiger partial charge in [-0.1, -0.05) is 23.7 Å². The number of halogens is 3. The number of rotatable bonds is 2. The summed E-state index contributed by atoms with van der Waals surface area (Å²) in [6.07, 6.45) is 0. The Morgan fingerprint density at radius 2 is 1.76 bits per heavy atom. The van der Waals surface area contributed by atoms with E-state index in [0.717, 1.165) is 0 Å². The van der Waals surface area contributed by atoms with E-state index in [0.29, 0.717) is 16.1 Å². The maximum Gasteiger partial charge on any atom is 0.131 e. The zero-order valence-corrected chi connectivity index (χ0v) is 9.64. The van der Waals surface area contributed by atoms with Crippen molar-refractivity contribution in [3.63, 3.8) is 0 Å². The fourth-order valence-corrected chi connectivity index (χ4v) is 1.83. The van der Waals surface area contributed by atoms with E-state index in [1.54, 1.807) is 12.1 Å². The molecule has 0 aliphatic rings. The van der Waals surface area contributed by atoms with Crippen LogP contribution in [-0.2, 0) is 6.54 Å². The lowest BCUT2D eigenvalue weighted by Gasteiger charge is -2.07. The standard InChI is InChI=1S/C13H10ClF2N/c14-12-4-2-9(15)6-11(12)10-3-1-8(7-17)5-13(10)16/h1-6H,7,17H2. The molecular weight excluding hydrogens is 244 g/mol. The van der Waals surface area contributed by atoms with Crippen molar-refractivity contribution in [2.24, 2.45) is 5.73 Å². The zero-order chi connectivity index (χ0) is 12.4. The van der Waals surface area contributed by atoms with Crippen LogP contribution < -0.4 is 5.73 Å². The van der Waals surface area contributed by atoms with Crippen LogP contribution in [-0.4, -0.2) is 0 Å². The second-order valence-corrected chi connectivity index (χ2v) is 4.05. The van der Waals surface area contributed by atoms with Gasteiger partial charge in [-0.3, -0.25) is 0 Å². The summed E-state index contributed by atoms with van der Waals surface area (Å²) in [5.41, 5.74) is 6.70. The highest BCUT2D eigenvalue weighted by atomic mass is 35.5. The molecule has 0 saturated heterocycles. The maximum absolute atomic E-state index is 13.8. The first kappa shape index (κ1) is 12.0. The lowest BCUT2D eigenvalue weighted by atomic mass is 10.0. The summed E-state index contributed by atoms with van der Waals surface area (Å²) in [6, 6.07) is 8.43. The summed E-state index contributed by atoms with van der Waals surface area (Å²) < 4.78 is 26.9. The van der Waals surface area contributed by atoms with Crippen molar-refractivity contribution in [1.29, 1.82) is 0 Å². The normalized spacial score (nSPS) is 10.6. The monoisotopic (exact) mass is 253 g/mol. The predicted molar refractivity (Wildman–Crippen MR) is 64.7 cm³/mol. The van der Waals surface area contributed by atoms with Crippen LogP contribution in [0.5, 0.6) is 0 Å². The van der Waals surface area contributed by atoms with Crippen molar-refractivity contribution < 1.29 is 8.78 Å². The first-order valence-corrected chi connectivity index (χ1v) is 5.43. The van der Waals surface area contributed by atoms with E-state index < -0.39 is 11.6 Å². The Kier molecular flexibility index (Phi) is 3.41. The van der Waals surface area contributed by atoms with E-state index in [1.807, 2.05) is 0 Å². The molecule has 0 heterocycles. The first-order valence-electron chi connectivity index (χ1n) is 5.05. The Labute approximate surface area is 103 Å². The lowest BCUT2D eigenvalue weighted by Crippen LogP contribution is -1.97. The van der Waals surface area contributed by atoms with Crippen LogP contribution in [0.15, 0.2) is 36.4 Å². The molecule has 0 aromatic heterocycles. The van der Waals surface area contributed by atoms with Gasteiger partial charge in [-0.05, 0) is 29.8 Å². The summed E-state index contributed by atoms with van der Waals surface area (Å²) in [7, 11) is 0. The van der Waals surface area contributed by atoms with Gasteiger partial charge in [0.15, 0.2) is 0 Å². The molecule has 2 N–H and O–H groups in total. The molecule has 0 spiro atoms. The molecular formula is C13H10ClF2N. The van der Waals surface area contributed by atoms with Gasteiger partial charge in [0.25, 0.3) is 0 Å². The van der Waals surface area contributed by atoms with E-state index in [2.05, 4.69) is 0 Å². The third kappa shape index (κ3) is 2.46. The number of hydrogen-bond donors (Lipinski definition) is 1. The molecule has 4 heteroatoms. The predicted octanol–water partition coefficient (Wildman–Crippen LogP) is 3.74. The maximum atomic E-state index is 13.8. The Morgan fingerprint density at radius 3 is 2.41 bits per heavy atom. The number of hydrogen-bond acceptors (Lipinski definition) is 1. The van der Waals surface area contributed by atoms with Crippen molar-refractivity contribution in [3.05, 3.63) is 58.6 Å². The fraction of sp³-hybridized carbons (Fsp3) is 0.0769. The zero-order valence-electron chi connectivity index (χ0n) is 8.88. The number of nitrogens with two attached hydrogens (primary N) is 1. The molecule has 17 heavy (non-hydrogen) atoms. The average Bonchev–Trinajstić information content (AvgIpc) is 2.32. The molecule has 2 rings (SSSR count). The van der Waals surface area contributed by atoms with Crippen LogP contribution in [0.25, 0.3) is 11.1 Å².